The van der Waals surface area contributed by atoms with Crippen LogP contribution in [0.5, 0.6) is 5.75 Å². The van der Waals surface area contributed by atoms with Crippen molar-refractivity contribution in [3.8, 4) is 5.75 Å². The van der Waals surface area contributed by atoms with E-state index < -0.39 is 17.8 Å². The maximum atomic E-state index is 13.2. The van der Waals surface area contributed by atoms with Gasteiger partial charge in [0.15, 0.2) is 17.6 Å². The fourth-order valence-corrected chi connectivity index (χ4v) is 1.21. The highest BCUT2D eigenvalue weighted by atomic mass is 35.5. The van der Waals surface area contributed by atoms with Crippen molar-refractivity contribution in [2.45, 2.75) is 12.5 Å². The number of methoxy groups -OCH3 is 1. The number of quaternary nitrogens is 1. The highest BCUT2D eigenvalue weighted by molar-refractivity contribution is 5.71. The predicted molar refractivity (Wildman–Crippen MR) is 51.0 cm³/mol. The molecule has 1 aromatic carbocycles. The van der Waals surface area contributed by atoms with Crippen molar-refractivity contribution in [3.63, 3.8) is 0 Å². The third-order valence-corrected chi connectivity index (χ3v) is 2.05. The number of hydrogen-bond donors (Lipinski definition) is 2. The third kappa shape index (κ3) is 3.67. The van der Waals surface area contributed by atoms with Crippen LogP contribution in [-0.4, -0.2) is 24.2 Å². The van der Waals surface area contributed by atoms with Gasteiger partial charge in [-0.2, -0.15) is 0 Å². The molecule has 0 aliphatic carbocycles. The van der Waals surface area contributed by atoms with Gasteiger partial charge in [0.1, 0.15) is 0 Å². The average molecular weight is 250 g/mol. The first-order valence-electron chi connectivity index (χ1n) is 4.43. The zero-order valence-electron chi connectivity index (χ0n) is 8.74. The summed E-state index contributed by atoms with van der Waals surface area (Å²) in [5.41, 5.74) is 4.05. The molecule has 0 aliphatic heterocycles. The highest BCUT2D eigenvalue weighted by Crippen LogP contribution is 2.18. The summed E-state index contributed by atoms with van der Waals surface area (Å²) in [6, 6.07) is 3.60. The molecule has 0 bridgehead atoms. The third-order valence-electron chi connectivity index (χ3n) is 2.05. The first-order valence-corrected chi connectivity index (χ1v) is 4.43. The number of aliphatic carboxylic acids is 1. The highest BCUT2D eigenvalue weighted by Gasteiger charge is 2.16. The van der Waals surface area contributed by atoms with Gasteiger partial charge in [-0.05, 0) is 17.7 Å². The van der Waals surface area contributed by atoms with E-state index >= 15 is 0 Å². The lowest BCUT2D eigenvalue weighted by atomic mass is 10.1. The van der Waals surface area contributed by atoms with E-state index in [9.17, 15) is 9.18 Å². The second-order valence-corrected chi connectivity index (χ2v) is 3.21. The average Bonchev–Trinajstić information content (AvgIpc) is 2.18. The Morgan fingerprint density at radius 3 is 2.69 bits per heavy atom. The van der Waals surface area contributed by atoms with Gasteiger partial charge in [0.25, 0.3) is 0 Å². The van der Waals surface area contributed by atoms with E-state index in [0.29, 0.717) is 5.56 Å². The van der Waals surface area contributed by atoms with Crippen LogP contribution in [0.25, 0.3) is 0 Å². The van der Waals surface area contributed by atoms with Gasteiger partial charge in [0, 0.05) is 6.42 Å². The fourth-order valence-electron chi connectivity index (χ4n) is 1.21. The van der Waals surface area contributed by atoms with Crippen LogP contribution in [-0.2, 0) is 11.2 Å². The Bertz CT molecular complexity index is 373. The summed E-state index contributed by atoms with van der Waals surface area (Å²) in [5, 5.41) is 8.63. The van der Waals surface area contributed by atoms with Crippen molar-refractivity contribution in [1.29, 1.82) is 0 Å². The maximum absolute atomic E-state index is 13.2. The molecule has 0 saturated carbocycles. The fraction of sp³-hybridized carbons (Fsp3) is 0.300. The molecule has 4 nitrogen and oxygen atoms in total. The van der Waals surface area contributed by atoms with Crippen molar-refractivity contribution >= 4 is 5.97 Å². The molecule has 1 rings (SSSR count). The Morgan fingerprint density at radius 1 is 1.62 bits per heavy atom. The number of carbonyl (C=O) groups is 1. The predicted octanol–water partition coefficient (Wildman–Crippen LogP) is -2.92. The standard InChI is InChI=1S/C10H12FNO3.ClH/c1-15-9-3-2-6(4-7(9)11)5-8(12)10(13)14;/h2-4,8H,5,12H2,1H3,(H,13,14);1H. The van der Waals surface area contributed by atoms with Gasteiger partial charge in [0.2, 0.25) is 0 Å². The molecule has 6 heteroatoms. The SMILES string of the molecule is COc1ccc(CC([NH3+])C(=O)O)cc1F.[Cl-]. The van der Waals surface area contributed by atoms with Crippen LogP contribution in [0.15, 0.2) is 18.2 Å². The van der Waals surface area contributed by atoms with E-state index in [1.54, 1.807) is 6.07 Å². The van der Waals surface area contributed by atoms with Crippen LogP contribution < -0.4 is 22.9 Å². The number of rotatable bonds is 4. The van der Waals surface area contributed by atoms with Gasteiger partial charge < -0.3 is 28.0 Å². The Balaban J connectivity index is 0.00000225. The normalized spacial score (nSPS) is 11.4. The Morgan fingerprint density at radius 2 is 2.25 bits per heavy atom. The minimum Gasteiger partial charge on any atom is -1.00 e. The topological polar surface area (TPSA) is 74.2 Å². The number of carboxylic acid groups (broad SMARTS) is 1. The lowest BCUT2D eigenvalue weighted by Gasteiger charge is -2.06. The van der Waals surface area contributed by atoms with Crippen LogP contribution in [0.3, 0.4) is 0 Å². The van der Waals surface area contributed by atoms with E-state index in [4.69, 9.17) is 9.84 Å². The minimum atomic E-state index is -0.994. The molecular formula is C10H13ClFNO3. The summed E-state index contributed by atoms with van der Waals surface area (Å²) in [6.07, 6.45) is 0.205. The Labute approximate surface area is 98.6 Å². The first-order chi connectivity index (χ1) is 7.04. The summed E-state index contributed by atoms with van der Waals surface area (Å²) in [7, 11) is 1.37. The minimum absolute atomic E-state index is 0. The molecule has 0 aromatic heterocycles. The second kappa shape index (κ2) is 6.30. The van der Waals surface area contributed by atoms with Gasteiger partial charge >= 0.3 is 5.97 Å². The van der Waals surface area contributed by atoms with E-state index in [-0.39, 0.29) is 24.6 Å². The summed E-state index contributed by atoms with van der Waals surface area (Å²) in [6.45, 7) is 0. The summed E-state index contributed by atoms with van der Waals surface area (Å²) < 4.78 is 18.0. The number of carboxylic acids is 1. The summed E-state index contributed by atoms with van der Waals surface area (Å²) in [4.78, 5) is 10.5. The van der Waals surface area contributed by atoms with Crippen LogP contribution in [0.2, 0.25) is 0 Å². The lowest BCUT2D eigenvalue weighted by Crippen LogP contribution is -3.00. The molecule has 1 aromatic rings. The molecular weight excluding hydrogens is 237 g/mol. The molecule has 1 atom stereocenters. The Kier molecular flexibility index (Phi) is 5.77. The van der Waals surface area contributed by atoms with Gasteiger partial charge in [-0.25, -0.2) is 9.18 Å². The van der Waals surface area contributed by atoms with Crippen molar-refractivity contribution < 1.29 is 37.2 Å². The molecule has 0 aliphatic rings. The molecule has 1 unspecified atom stereocenters. The molecule has 0 heterocycles. The molecule has 16 heavy (non-hydrogen) atoms. The molecule has 0 amide bonds. The zero-order valence-corrected chi connectivity index (χ0v) is 9.50. The van der Waals surface area contributed by atoms with Crippen molar-refractivity contribution in [2.75, 3.05) is 7.11 Å². The number of halogens is 2. The smallest absolute Gasteiger partial charge is 0.362 e. The maximum Gasteiger partial charge on any atom is 0.362 e. The van der Waals surface area contributed by atoms with Gasteiger partial charge in [-0.1, -0.05) is 6.07 Å². The monoisotopic (exact) mass is 249 g/mol. The van der Waals surface area contributed by atoms with Crippen LogP contribution in [0.4, 0.5) is 4.39 Å². The quantitative estimate of drug-likeness (QED) is 0.600. The van der Waals surface area contributed by atoms with Gasteiger partial charge in [-0.3, -0.25) is 0 Å². The largest absolute Gasteiger partial charge is 1.00 e. The van der Waals surface area contributed by atoms with Gasteiger partial charge in [0.05, 0.1) is 7.11 Å². The van der Waals surface area contributed by atoms with E-state index in [1.165, 1.54) is 19.2 Å². The van der Waals surface area contributed by atoms with E-state index in [2.05, 4.69) is 5.73 Å². The van der Waals surface area contributed by atoms with Crippen molar-refractivity contribution in [1.82, 2.24) is 0 Å². The summed E-state index contributed by atoms with van der Waals surface area (Å²) in [5.74, 6) is -1.34. The Hall–Kier alpha value is -1.33. The first kappa shape index (κ1) is 14.7. The zero-order chi connectivity index (χ0) is 11.4. The van der Waals surface area contributed by atoms with Crippen molar-refractivity contribution in [3.05, 3.63) is 29.6 Å². The molecule has 0 fully saturated rings. The second-order valence-electron chi connectivity index (χ2n) is 3.21. The van der Waals surface area contributed by atoms with E-state index in [0.717, 1.165) is 0 Å². The summed E-state index contributed by atoms with van der Waals surface area (Å²) >= 11 is 0. The molecule has 4 N–H and O–H groups in total. The van der Waals surface area contributed by atoms with Crippen LogP contribution >= 0.6 is 0 Å². The number of benzene rings is 1. The number of ether oxygens (including phenoxy) is 1. The lowest BCUT2D eigenvalue weighted by molar-refractivity contribution is -0.407. The number of hydrogen-bond acceptors (Lipinski definition) is 2. The molecule has 90 valence electrons. The van der Waals surface area contributed by atoms with Gasteiger partial charge in [-0.15, -0.1) is 0 Å². The molecule has 0 radical (unpaired) electrons. The molecule has 0 saturated heterocycles. The van der Waals surface area contributed by atoms with Crippen LogP contribution in [0, 0.1) is 5.82 Å². The van der Waals surface area contributed by atoms with Crippen LogP contribution in [0.1, 0.15) is 5.56 Å². The molecule has 0 spiro atoms. The van der Waals surface area contributed by atoms with Crippen molar-refractivity contribution in [2.24, 2.45) is 0 Å². The van der Waals surface area contributed by atoms with E-state index in [1.807, 2.05) is 0 Å².